The van der Waals surface area contributed by atoms with Crippen molar-refractivity contribution in [3.8, 4) is 11.4 Å². The molecule has 0 saturated carbocycles. The molecule has 2 aliphatic heterocycles. The van der Waals surface area contributed by atoms with E-state index in [-0.39, 0.29) is 56.2 Å². The second-order valence-electron chi connectivity index (χ2n) is 10.4. The van der Waals surface area contributed by atoms with Crippen LogP contribution in [-0.2, 0) is 17.8 Å². The van der Waals surface area contributed by atoms with Crippen LogP contribution in [0.2, 0.25) is 0 Å². The molecule has 1 N–H and O–H groups in total. The highest BCUT2D eigenvalue weighted by atomic mass is 19.3. The van der Waals surface area contributed by atoms with Crippen LogP contribution in [0.3, 0.4) is 0 Å². The van der Waals surface area contributed by atoms with Crippen molar-refractivity contribution in [3.05, 3.63) is 82.9 Å². The number of carbonyl (C=O) groups is 2. The van der Waals surface area contributed by atoms with Crippen LogP contribution in [0.15, 0.2) is 48.8 Å². The average Bonchev–Trinajstić information content (AvgIpc) is 3.64. The van der Waals surface area contributed by atoms with E-state index in [1.807, 2.05) is 0 Å². The minimum atomic E-state index is -2.69. The van der Waals surface area contributed by atoms with E-state index in [9.17, 15) is 35.9 Å². The Balaban J connectivity index is 0.000000178. The van der Waals surface area contributed by atoms with E-state index >= 15 is 0 Å². The van der Waals surface area contributed by atoms with Gasteiger partial charge in [0.1, 0.15) is 11.6 Å². The summed E-state index contributed by atoms with van der Waals surface area (Å²) in [5, 5.41) is 23.1. The monoisotopic (exact) mass is 638 g/mol. The molecule has 0 radical (unpaired) electrons. The molecule has 0 aliphatic carbocycles. The number of carboxylic acid groups (broad SMARTS) is 1. The highest BCUT2D eigenvalue weighted by Crippen LogP contribution is 2.30. The average molecular weight is 639 g/mol. The van der Waals surface area contributed by atoms with Gasteiger partial charge in [0.25, 0.3) is 11.8 Å². The van der Waals surface area contributed by atoms with Crippen LogP contribution in [-0.4, -0.2) is 102 Å². The third kappa shape index (κ3) is 7.46. The Hall–Kier alpha value is -4.84. The van der Waals surface area contributed by atoms with Crippen molar-refractivity contribution in [2.24, 2.45) is 0 Å². The second-order valence-corrected chi connectivity index (χ2v) is 10.4. The molecule has 6 rings (SSSR count). The smallest absolute Gasteiger partial charge is 0.360 e. The number of halogens is 6. The van der Waals surface area contributed by atoms with E-state index in [0.717, 1.165) is 16.9 Å². The van der Waals surface area contributed by atoms with Crippen LogP contribution in [0.1, 0.15) is 32.1 Å². The molecule has 2 aromatic carbocycles. The van der Waals surface area contributed by atoms with Gasteiger partial charge >= 0.3 is 11.9 Å². The molecule has 0 bridgehead atoms. The number of likely N-dealkylation sites (tertiary alicyclic amines) is 2. The maximum atomic E-state index is 14.1. The number of methoxy groups -OCH3 is 1. The summed E-state index contributed by atoms with van der Waals surface area (Å²) in [5.74, 6) is -8.35. The summed E-state index contributed by atoms with van der Waals surface area (Å²) in [7, 11) is 1.22. The van der Waals surface area contributed by atoms with Crippen LogP contribution in [0.4, 0.5) is 26.3 Å². The molecule has 4 aromatic rings. The van der Waals surface area contributed by atoms with E-state index in [1.165, 1.54) is 52.1 Å². The number of carboxylic acids is 1. The SMILES string of the molecule is COC(=O)c1cn(-c2ccc(CN3CC(F)(F)C3)c(F)c2)nn1.O=C(O)c1cn(-c2ccc(CN3CC(F)(F)C3)c(F)c2)nn1. The fourth-order valence-corrected chi connectivity index (χ4v) is 4.61. The Morgan fingerprint density at radius 2 is 1.20 bits per heavy atom. The number of alkyl halides is 4. The molecular formula is C27H24F6N8O4. The lowest BCUT2D eigenvalue weighted by molar-refractivity contribution is -0.134. The van der Waals surface area contributed by atoms with Crippen molar-refractivity contribution in [1.82, 2.24) is 39.8 Å². The Morgan fingerprint density at radius 1 is 0.778 bits per heavy atom. The van der Waals surface area contributed by atoms with Gasteiger partial charge in [0.15, 0.2) is 11.4 Å². The van der Waals surface area contributed by atoms with Gasteiger partial charge in [-0.25, -0.2) is 45.3 Å². The van der Waals surface area contributed by atoms with Gasteiger partial charge < -0.3 is 9.84 Å². The summed E-state index contributed by atoms with van der Waals surface area (Å²) in [6, 6.07) is 8.43. The quantitative estimate of drug-likeness (QED) is 0.227. The third-order valence-corrected chi connectivity index (χ3v) is 6.81. The zero-order valence-electron chi connectivity index (χ0n) is 23.4. The summed E-state index contributed by atoms with van der Waals surface area (Å²) in [6.45, 7) is -1.26. The summed E-state index contributed by atoms with van der Waals surface area (Å²) in [4.78, 5) is 24.9. The first kappa shape index (κ1) is 31.6. The Kier molecular flexibility index (Phi) is 8.61. The Labute approximate surface area is 250 Å². The van der Waals surface area contributed by atoms with Gasteiger partial charge in [-0.15, -0.1) is 10.2 Å². The fraction of sp³-hybridized carbons (Fsp3) is 0.333. The summed E-state index contributed by atoms with van der Waals surface area (Å²) in [5.41, 5.74) is 1.01. The van der Waals surface area contributed by atoms with Crippen LogP contribution < -0.4 is 0 Å². The number of aromatic nitrogens is 6. The second kappa shape index (κ2) is 12.3. The molecule has 0 spiro atoms. The van der Waals surface area contributed by atoms with Gasteiger partial charge in [0, 0.05) is 24.2 Å². The molecule has 0 unspecified atom stereocenters. The molecule has 12 nitrogen and oxygen atoms in total. The molecule has 0 atom stereocenters. The highest BCUT2D eigenvalue weighted by molar-refractivity contribution is 5.86. The highest BCUT2D eigenvalue weighted by Gasteiger charge is 2.44. The van der Waals surface area contributed by atoms with Gasteiger partial charge in [-0.1, -0.05) is 22.6 Å². The zero-order chi connectivity index (χ0) is 32.5. The number of esters is 1. The summed E-state index contributed by atoms with van der Waals surface area (Å²) in [6.07, 6.45) is 2.48. The van der Waals surface area contributed by atoms with Gasteiger partial charge in [0.05, 0.1) is 57.1 Å². The topological polar surface area (TPSA) is 132 Å². The first-order valence-electron chi connectivity index (χ1n) is 13.2. The number of ether oxygens (including phenoxy) is 1. The van der Waals surface area contributed by atoms with Crippen molar-refractivity contribution >= 4 is 11.9 Å². The van der Waals surface area contributed by atoms with Crippen LogP contribution in [0, 0.1) is 11.6 Å². The third-order valence-electron chi connectivity index (χ3n) is 6.81. The maximum Gasteiger partial charge on any atom is 0.360 e. The lowest BCUT2D eigenvalue weighted by atomic mass is 10.1. The van der Waals surface area contributed by atoms with Crippen LogP contribution in [0.5, 0.6) is 0 Å². The molecule has 45 heavy (non-hydrogen) atoms. The standard InChI is InChI=1S/C14H13F3N4O2.C13H11F3N4O2/c1-23-13(22)12-6-21(19-18-12)10-3-2-9(11(15)4-10)5-20-7-14(16,17)8-20;14-10-3-9(20-5-11(12(21)22)17-18-20)2-1-8(10)4-19-6-13(15,16)7-19/h2-4,6H,5,7-8H2,1H3;1-3,5H,4,6-7H2,(H,21,22). The number of carbonyl (C=O) groups excluding carboxylic acids is 1. The van der Waals surface area contributed by atoms with Crippen molar-refractivity contribution in [1.29, 1.82) is 0 Å². The minimum absolute atomic E-state index is 0.000190. The van der Waals surface area contributed by atoms with E-state index < -0.39 is 35.4 Å². The first-order chi connectivity index (χ1) is 21.2. The zero-order valence-corrected chi connectivity index (χ0v) is 23.4. The Bertz CT molecular complexity index is 1710. The maximum absolute atomic E-state index is 14.1. The van der Waals surface area contributed by atoms with E-state index in [2.05, 4.69) is 25.4 Å². The van der Waals surface area contributed by atoms with Gasteiger partial charge in [-0.2, -0.15) is 0 Å². The van der Waals surface area contributed by atoms with Gasteiger partial charge in [-0.05, 0) is 24.3 Å². The number of aromatic carboxylic acids is 1. The molecule has 2 fully saturated rings. The summed E-state index contributed by atoms with van der Waals surface area (Å²) >= 11 is 0. The van der Waals surface area contributed by atoms with Gasteiger partial charge in [-0.3, -0.25) is 9.80 Å². The molecule has 18 heteroatoms. The van der Waals surface area contributed by atoms with Crippen molar-refractivity contribution in [3.63, 3.8) is 0 Å². The molecule has 0 amide bonds. The lowest BCUT2D eigenvalue weighted by Crippen LogP contribution is -2.55. The van der Waals surface area contributed by atoms with E-state index in [1.54, 1.807) is 6.07 Å². The molecular weight excluding hydrogens is 614 g/mol. The van der Waals surface area contributed by atoms with E-state index in [4.69, 9.17) is 5.11 Å². The minimum Gasteiger partial charge on any atom is -0.476 e. The predicted molar refractivity (Wildman–Crippen MR) is 141 cm³/mol. The van der Waals surface area contributed by atoms with Crippen LogP contribution in [0.25, 0.3) is 11.4 Å². The van der Waals surface area contributed by atoms with Crippen molar-refractivity contribution in [2.75, 3.05) is 33.3 Å². The number of hydrogen-bond acceptors (Lipinski definition) is 9. The molecule has 2 aliphatic rings. The molecule has 4 heterocycles. The van der Waals surface area contributed by atoms with Crippen LogP contribution >= 0.6 is 0 Å². The Morgan fingerprint density at radius 3 is 1.56 bits per heavy atom. The molecule has 2 aromatic heterocycles. The van der Waals surface area contributed by atoms with Crippen molar-refractivity contribution in [2.45, 2.75) is 24.9 Å². The first-order valence-corrected chi connectivity index (χ1v) is 13.2. The molecule has 2 saturated heterocycles. The lowest BCUT2D eigenvalue weighted by Gasteiger charge is -2.38. The number of rotatable bonds is 8. The number of hydrogen-bond donors (Lipinski definition) is 1. The normalized spacial score (nSPS) is 17.0. The molecule has 238 valence electrons. The van der Waals surface area contributed by atoms with Gasteiger partial charge in [0.2, 0.25) is 0 Å². The van der Waals surface area contributed by atoms with Crippen molar-refractivity contribution < 1.29 is 45.8 Å². The fourth-order valence-electron chi connectivity index (χ4n) is 4.61. The number of nitrogens with zero attached hydrogens (tertiary/aromatic N) is 8. The predicted octanol–water partition coefficient (Wildman–Crippen LogP) is 3.20. The summed E-state index contributed by atoms with van der Waals surface area (Å²) < 4.78 is 86.1. The van der Waals surface area contributed by atoms with E-state index in [0.29, 0.717) is 16.9 Å². The number of benzene rings is 2. The largest absolute Gasteiger partial charge is 0.476 e.